The summed E-state index contributed by atoms with van der Waals surface area (Å²) in [4.78, 5) is 23.3. The standard InChI is InChI=1S/C14H21N3O2/c1-3-9-16-12-8-6-5-7-11(12)14(19)17-10-13(18)15-4-2/h5-8,16H,3-4,9-10H2,1-2H3,(H,15,18)(H,17,19). The van der Waals surface area contributed by atoms with Crippen LogP contribution in [0.15, 0.2) is 24.3 Å². The van der Waals surface area contributed by atoms with Crippen molar-refractivity contribution >= 4 is 17.5 Å². The number of rotatable bonds is 7. The molecular formula is C14H21N3O2. The Labute approximate surface area is 113 Å². The lowest BCUT2D eigenvalue weighted by Gasteiger charge is -2.11. The second-order valence-electron chi connectivity index (χ2n) is 4.11. The fraction of sp³-hybridized carbons (Fsp3) is 0.429. The number of anilines is 1. The van der Waals surface area contributed by atoms with Crippen molar-refractivity contribution in [3.8, 4) is 0 Å². The van der Waals surface area contributed by atoms with E-state index in [-0.39, 0.29) is 18.4 Å². The number of para-hydroxylation sites is 1. The summed E-state index contributed by atoms with van der Waals surface area (Å²) < 4.78 is 0. The summed E-state index contributed by atoms with van der Waals surface area (Å²) in [5.74, 6) is -0.430. The Morgan fingerprint density at radius 3 is 2.53 bits per heavy atom. The molecule has 2 amide bonds. The molecule has 0 aromatic heterocycles. The van der Waals surface area contributed by atoms with Crippen LogP contribution < -0.4 is 16.0 Å². The molecule has 0 aliphatic rings. The van der Waals surface area contributed by atoms with Gasteiger partial charge in [0, 0.05) is 18.8 Å². The van der Waals surface area contributed by atoms with E-state index in [1.165, 1.54) is 0 Å². The van der Waals surface area contributed by atoms with Crippen LogP contribution in [0.3, 0.4) is 0 Å². The van der Waals surface area contributed by atoms with Crippen LogP contribution in [-0.2, 0) is 4.79 Å². The Bertz CT molecular complexity index is 432. The molecule has 0 atom stereocenters. The molecule has 0 spiro atoms. The lowest BCUT2D eigenvalue weighted by molar-refractivity contribution is -0.120. The monoisotopic (exact) mass is 263 g/mol. The van der Waals surface area contributed by atoms with Crippen molar-refractivity contribution in [3.63, 3.8) is 0 Å². The smallest absolute Gasteiger partial charge is 0.253 e. The van der Waals surface area contributed by atoms with E-state index in [2.05, 4.69) is 22.9 Å². The van der Waals surface area contributed by atoms with Crippen LogP contribution in [0, 0.1) is 0 Å². The molecule has 1 aromatic rings. The van der Waals surface area contributed by atoms with Crippen LogP contribution in [0.5, 0.6) is 0 Å². The van der Waals surface area contributed by atoms with Crippen LogP contribution in [-0.4, -0.2) is 31.4 Å². The Hall–Kier alpha value is -2.04. The summed E-state index contributed by atoms with van der Waals surface area (Å²) in [7, 11) is 0. The van der Waals surface area contributed by atoms with Gasteiger partial charge in [-0.05, 0) is 25.5 Å². The van der Waals surface area contributed by atoms with Crippen molar-refractivity contribution in [2.45, 2.75) is 20.3 Å². The van der Waals surface area contributed by atoms with Crippen molar-refractivity contribution in [1.29, 1.82) is 0 Å². The highest BCUT2D eigenvalue weighted by Gasteiger charge is 2.11. The molecule has 19 heavy (non-hydrogen) atoms. The largest absolute Gasteiger partial charge is 0.384 e. The molecule has 0 saturated heterocycles. The first-order valence-corrected chi connectivity index (χ1v) is 6.56. The second-order valence-corrected chi connectivity index (χ2v) is 4.11. The van der Waals surface area contributed by atoms with Crippen molar-refractivity contribution in [3.05, 3.63) is 29.8 Å². The molecule has 0 aliphatic carbocycles. The summed E-state index contributed by atoms with van der Waals surface area (Å²) in [6.07, 6.45) is 0.981. The summed E-state index contributed by atoms with van der Waals surface area (Å²) >= 11 is 0. The minimum atomic E-state index is -0.245. The zero-order chi connectivity index (χ0) is 14.1. The van der Waals surface area contributed by atoms with Crippen molar-refractivity contribution in [2.75, 3.05) is 25.0 Å². The number of likely N-dealkylation sites (N-methyl/N-ethyl adjacent to an activating group) is 1. The Morgan fingerprint density at radius 2 is 1.84 bits per heavy atom. The van der Waals surface area contributed by atoms with Gasteiger partial charge in [-0.1, -0.05) is 19.1 Å². The van der Waals surface area contributed by atoms with E-state index >= 15 is 0 Å². The summed E-state index contributed by atoms with van der Waals surface area (Å²) in [5, 5.41) is 8.44. The van der Waals surface area contributed by atoms with Crippen molar-refractivity contribution in [1.82, 2.24) is 10.6 Å². The Kier molecular flexibility index (Phi) is 6.43. The SMILES string of the molecule is CCCNc1ccccc1C(=O)NCC(=O)NCC. The highest BCUT2D eigenvalue weighted by Crippen LogP contribution is 2.14. The minimum absolute atomic E-state index is 0.00517. The normalized spacial score (nSPS) is 9.79. The van der Waals surface area contributed by atoms with Crippen molar-refractivity contribution < 1.29 is 9.59 Å². The number of carbonyl (C=O) groups excluding carboxylic acids is 2. The van der Waals surface area contributed by atoms with Gasteiger partial charge in [-0.2, -0.15) is 0 Å². The predicted octanol–water partition coefficient (Wildman–Crippen LogP) is 1.37. The van der Waals surface area contributed by atoms with Gasteiger partial charge >= 0.3 is 0 Å². The van der Waals surface area contributed by atoms with E-state index in [9.17, 15) is 9.59 Å². The highest BCUT2D eigenvalue weighted by atomic mass is 16.2. The molecule has 3 N–H and O–H groups in total. The van der Waals surface area contributed by atoms with Crippen LogP contribution in [0.4, 0.5) is 5.69 Å². The molecule has 1 aromatic carbocycles. The number of hydrogen-bond acceptors (Lipinski definition) is 3. The van der Waals surface area contributed by atoms with E-state index < -0.39 is 0 Å². The zero-order valence-electron chi connectivity index (χ0n) is 11.5. The van der Waals surface area contributed by atoms with E-state index in [4.69, 9.17) is 0 Å². The fourth-order valence-electron chi connectivity index (χ4n) is 1.61. The molecule has 5 heteroatoms. The maximum absolute atomic E-state index is 12.0. The van der Waals surface area contributed by atoms with Gasteiger partial charge < -0.3 is 16.0 Å². The third-order valence-corrected chi connectivity index (χ3v) is 2.52. The van der Waals surface area contributed by atoms with Crippen LogP contribution >= 0.6 is 0 Å². The molecule has 0 radical (unpaired) electrons. The lowest BCUT2D eigenvalue weighted by atomic mass is 10.1. The van der Waals surface area contributed by atoms with E-state index in [1.54, 1.807) is 12.1 Å². The molecule has 5 nitrogen and oxygen atoms in total. The van der Waals surface area contributed by atoms with Gasteiger partial charge in [0.15, 0.2) is 0 Å². The van der Waals surface area contributed by atoms with Gasteiger partial charge in [-0.25, -0.2) is 0 Å². The molecule has 0 unspecified atom stereocenters. The van der Waals surface area contributed by atoms with E-state index in [1.807, 2.05) is 19.1 Å². The fourth-order valence-corrected chi connectivity index (χ4v) is 1.61. The first-order chi connectivity index (χ1) is 9.19. The molecule has 104 valence electrons. The number of nitrogens with one attached hydrogen (secondary N) is 3. The molecule has 0 heterocycles. The maximum atomic E-state index is 12.0. The Balaban J connectivity index is 2.63. The van der Waals surface area contributed by atoms with Gasteiger partial charge in [-0.15, -0.1) is 0 Å². The van der Waals surface area contributed by atoms with Gasteiger partial charge in [-0.3, -0.25) is 9.59 Å². The van der Waals surface area contributed by atoms with Crippen LogP contribution in [0.25, 0.3) is 0 Å². The molecule has 0 fully saturated rings. The molecule has 0 saturated carbocycles. The average molecular weight is 263 g/mol. The van der Waals surface area contributed by atoms with Crippen molar-refractivity contribution in [2.24, 2.45) is 0 Å². The van der Waals surface area contributed by atoms with E-state index in [0.717, 1.165) is 18.7 Å². The van der Waals surface area contributed by atoms with Gasteiger partial charge in [0.1, 0.15) is 0 Å². The summed E-state index contributed by atoms with van der Waals surface area (Å²) in [6.45, 7) is 5.26. The number of amides is 2. The molecular weight excluding hydrogens is 242 g/mol. The third kappa shape index (κ3) is 4.99. The van der Waals surface area contributed by atoms with Gasteiger partial charge in [0.2, 0.25) is 5.91 Å². The van der Waals surface area contributed by atoms with Crippen LogP contribution in [0.1, 0.15) is 30.6 Å². The zero-order valence-corrected chi connectivity index (χ0v) is 11.5. The maximum Gasteiger partial charge on any atom is 0.253 e. The number of carbonyl (C=O) groups is 2. The average Bonchev–Trinajstić information content (AvgIpc) is 2.43. The third-order valence-electron chi connectivity index (χ3n) is 2.52. The highest BCUT2D eigenvalue weighted by molar-refractivity contribution is 6.01. The Morgan fingerprint density at radius 1 is 1.11 bits per heavy atom. The molecule has 1 rings (SSSR count). The quantitative estimate of drug-likeness (QED) is 0.696. The first kappa shape index (κ1) is 15.0. The lowest BCUT2D eigenvalue weighted by Crippen LogP contribution is -2.37. The summed E-state index contributed by atoms with van der Waals surface area (Å²) in [6, 6.07) is 7.28. The van der Waals surface area contributed by atoms with E-state index in [0.29, 0.717) is 12.1 Å². The minimum Gasteiger partial charge on any atom is -0.384 e. The molecule has 0 aliphatic heterocycles. The topological polar surface area (TPSA) is 70.2 Å². The first-order valence-electron chi connectivity index (χ1n) is 6.56. The molecule has 0 bridgehead atoms. The predicted molar refractivity (Wildman–Crippen MR) is 76.2 cm³/mol. The number of hydrogen-bond donors (Lipinski definition) is 3. The number of benzene rings is 1. The van der Waals surface area contributed by atoms with Gasteiger partial charge in [0.05, 0.1) is 12.1 Å². The van der Waals surface area contributed by atoms with Gasteiger partial charge in [0.25, 0.3) is 5.91 Å². The summed E-state index contributed by atoms with van der Waals surface area (Å²) in [5.41, 5.74) is 1.35. The van der Waals surface area contributed by atoms with Crippen LogP contribution in [0.2, 0.25) is 0 Å². The second kappa shape index (κ2) is 8.13.